The smallest absolute Gasteiger partial charge is 0.271 e. The van der Waals surface area contributed by atoms with Crippen LogP contribution < -0.4 is 9.46 Å². The van der Waals surface area contributed by atoms with Gasteiger partial charge in [-0.3, -0.25) is 10.1 Å². The van der Waals surface area contributed by atoms with Gasteiger partial charge in [0.05, 0.1) is 12.0 Å². The number of non-ortho nitro benzene ring substituents is 1. The van der Waals surface area contributed by atoms with Crippen molar-refractivity contribution in [3.63, 3.8) is 0 Å². The molecule has 0 aliphatic heterocycles. The summed E-state index contributed by atoms with van der Waals surface area (Å²) in [5.41, 5.74) is 0.493. The van der Waals surface area contributed by atoms with Gasteiger partial charge in [0.2, 0.25) is 10.0 Å². The van der Waals surface area contributed by atoms with Gasteiger partial charge in [0.25, 0.3) is 5.69 Å². The zero-order valence-corrected chi connectivity index (χ0v) is 15.0. The number of nitrogens with zero attached hydrogens (tertiary/aromatic N) is 1. The molecule has 0 aliphatic rings. The first-order valence-electron chi connectivity index (χ1n) is 7.66. The minimum atomic E-state index is -4.03. The Kier molecular flexibility index (Phi) is 5.76. The fourth-order valence-corrected chi connectivity index (χ4v) is 4.03. The van der Waals surface area contributed by atoms with Crippen LogP contribution in [0.25, 0.3) is 0 Å². The lowest BCUT2D eigenvalue weighted by atomic mass is 9.97. The molecular weight excluding hydrogens is 344 g/mol. The molecule has 1 unspecified atom stereocenters. The van der Waals surface area contributed by atoms with E-state index in [1.165, 1.54) is 19.2 Å². The molecule has 0 spiro atoms. The SMILES string of the molecule is COc1ccc([N+](=O)[O-])cc1S(=O)(=O)NC(c1ccccc1)C(C)C. The van der Waals surface area contributed by atoms with Gasteiger partial charge < -0.3 is 4.74 Å². The maximum Gasteiger partial charge on any atom is 0.271 e. The summed E-state index contributed by atoms with van der Waals surface area (Å²) in [7, 11) is -2.71. The lowest BCUT2D eigenvalue weighted by Gasteiger charge is -2.23. The number of hydrogen-bond acceptors (Lipinski definition) is 5. The van der Waals surface area contributed by atoms with E-state index in [1.807, 2.05) is 44.2 Å². The Balaban J connectivity index is 2.47. The number of nitro benzene ring substituents is 1. The molecule has 0 heterocycles. The van der Waals surface area contributed by atoms with Crippen molar-refractivity contribution >= 4 is 15.7 Å². The third kappa shape index (κ3) is 4.34. The van der Waals surface area contributed by atoms with E-state index in [9.17, 15) is 18.5 Å². The van der Waals surface area contributed by atoms with E-state index in [0.717, 1.165) is 11.6 Å². The number of ether oxygens (including phenoxy) is 1. The molecule has 7 nitrogen and oxygen atoms in total. The Morgan fingerprint density at radius 2 is 1.76 bits per heavy atom. The first-order valence-corrected chi connectivity index (χ1v) is 9.14. The first-order chi connectivity index (χ1) is 11.8. The first kappa shape index (κ1) is 18.9. The van der Waals surface area contributed by atoms with Crippen molar-refractivity contribution in [2.24, 2.45) is 5.92 Å². The second-order valence-corrected chi connectivity index (χ2v) is 7.53. The van der Waals surface area contributed by atoms with Gasteiger partial charge in [-0.05, 0) is 17.5 Å². The van der Waals surface area contributed by atoms with Gasteiger partial charge in [-0.2, -0.15) is 0 Å². The molecule has 25 heavy (non-hydrogen) atoms. The third-order valence-electron chi connectivity index (χ3n) is 3.76. The van der Waals surface area contributed by atoms with Crippen LogP contribution in [0.4, 0.5) is 5.69 Å². The van der Waals surface area contributed by atoms with Crippen LogP contribution in [0.3, 0.4) is 0 Å². The van der Waals surface area contributed by atoms with Crippen molar-refractivity contribution in [2.45, 2.75) is 24.8 Å². The molecule has 134 valence electrons. The van der Waals surface area contributed by atoms with E-state index < -0.39 is 21.0 Å². The number of sulfonamides is 1. The standard InChI is InChI=1S/C17H20N2O5S/c1-12(2)17(13-7-5-4-6-8-13)18-25(22,23)16-11-14(19(20)21)9-10-15(16)24-3/h4-12,17-18H,1-3H3. The summed E-state index contributed by atoms with van der Waals surface area (Å²) in [5.74, 6) is 0.0236. The van der Waals surface area contributed by atoms with Gasteiger partial charge in [-0.15, -0.1) is 0 Å². The maximum atomic E-state index is 12.9. The van der Waals surface area contributed by atoms with Gasteiger partial charge in [-0.25, -0.2) is 13.1 Å². The normalized spacial score (nSPS) is 12.8. The van der Waals surface area contributed by atoms with E-state index in [2.05, 4.69) is 4.72 Å². The molecule has 1 N–H and O–H groups in total. The third-order valence-corrected chi connectivity index (χ3v) is 5.22. The van der Waals surface area contributed by atoms with Crippen LogP contribution in [0.2, 0.25) is 0 Å². The lowest BCUT2D eigenvalue weighted by Crippen LogP contribution is -2.32. The number of nitro groups is 1. The maximum absolute atomic E-state index is 12.9. The number of methoxy groups -OCH3 is 1. The number of rotatable bonds is 7. The predicted octanol–water partition coefficient (Wildman–Crippen LogP) is 3.28. The molecule has 0 saturated heterocycles. The van der Waals surface area contributed by atoms with Crippen LogP contribution in [-0.2, 0) is 10.0 Å². The van der Waals surface area contributed by atoms with Gasteiger partial charge in [-0.1, -0.05) is 44.2 Å². The molecule has 0 bridgehead atoms. The summed E-state index contributed by atoms with van der Waals surface area (Å²) in [6.45, 7) is 3.79. The quantitative estimate of drug-likeness (QED) is 0.600. The Labute approximate surface area is 146 Å². The van der Waals surface area contributed by atoms with Crippen LogP contribution in [0.1, 0.15) is 25.5 Å². The topological polar surface area (TPSA) is 98.5 Å². The summed E-state index contributed by atoms with van der Waals surface area (Å²) < 4.78 is 33.4. The van der Waals surface area contributed by atoms with Crippen LogP contribution in [0.15, 0.2) is 53.4 Å². The Morgan fingerprint density at radius 1 is 1.12 bits per heavy atom. The fraction of sp³-hybridized carbons (Fsp3) is 0.294. The molecule has 2 aromatic carbocycles. The highest BCUT2D eigenvalue weighted by atomic mass is 32.2. The Morgan fingerprint density at radius 3 is 2.28 bits per heavy atom. The molecule has 0 radical (unpaired) electrons. The van der Waals surface area contributed by atoms with E-state index in [4.69, 9.17) is 4.74 Å². The Bertz CT molecular complexity index is 851. The molecule has 2 rings (SSSR count). The molecule has 2 aromatic rings. The molecule has 0 amide bonds. The molecule has 8 heteroatoms. The molecular formula is C17H20N2O5S. The largest absolute Gasteiger partial charge is 0.495 e. The summed E-state index contributed by atoms with van der Waals surface area (Å²) in [5, 5.41) is 11.0. The fourth-order valence-electron chi connectivity index (χ4n) is 2.47. The predicted molar refractivity (Wildman–Crippen MR) is 94.0 cm³/mol. The van der Waals surface area contributed by atoms with Crippen LogP contribution in [0.5, 0.6) is 5.75 Å². The number of benzene rings is 2. The average Bonchev–Trinajstić information content (AvgIpc) is 2.59. The highest BCUT2D eigenvalue weighted by Gasteiger charge is 2.28. The van der Waals surface area contributed by atoms with E-state index >= 15 is 0 Å². The van der Waals surface area contributed by atoms with Crippen molar-refractivity contribution < 1.29 is 18.1 Å². The van der Waals surface area contributed by atoms with Gasteiger partial charge >= 0.3 is 0 Å². The molecule has 0 aromatic heterocycles. The second-order valence-electron chi connectivity index (χ2n) is 5.85. The molecule has 0 aliphatic carbocycles. The average molecular weight is 364 g/mol. The van der Waals surface area contributed by atoms with Gasteiger partial charge in [0.1, 0.15) is 10.6 Å². The van der Waals surface area contributed by atoms with Gasteiger partial charge in [0, 0.05) is 18.2 Å². The summed E-state index contributed by atoms with van der Waals surface area (Å²) >= 11 is 0. The van der Waals surface area contributed by atoms with Crippen molar-refractivity contribution in [1.29, 1.82) is 0 Å². The highest BCUT2D eigenvalue weighted by molar-refractivity contribution is 7.89. The summed E-state index contributed by atoms with van der Waals surface area (Å²) in [6.07, 6.45) is 0. The van der Waals surface area contributed by atoms with Crippen LogP contribution in [-0.4, -0.2) is 20.5 Å². The van der Waals surface area contributed by atoms with E-state index in [-0.39, 0.29) is 22.3 Å². The summed E-state index contributed by atoms with van der Waals surface area (Å²) in [6, 6.07) is 12.2. The van der Waals surface area contributed by atoms with Crippen molar-refractivity contribution in [3.8, 4) is 5.75 Å². The Hall–Kier alpha value is -2.45. The zero-order chi connectivity index (χ0) is 18.6. The number of nitrogens with one attached hydrogen (secondary N) is 1. The molecule has 0 saturated carbocycles. The van der Waals surface area contributed by atoms with Crippen LogP contribution in [0, 0.1) is 16.0 Å². The molecule has 1 atom stereocenters. The minimum Gasteiger partial charge on any atom is -0.495 e. The molecule has 0 fully saturated rings. The lowest BCUT2D eigenvalue weighted by molar-refractivity contribution is -0.385. The van der Waals surface area contributed by atoms with Gasteiger partial charge in [0.15, 0.2) is 0 Å². The second kappa shape index (κ2) is 7.62. The van der Waals surface area contributed by atoms with Crippen LogP contribution >= 0.6 is 0 Å². The summed E-state index contributed by atoms with van der Waals surface area (Å²) in [4.78, 5) is 10.1. The zero-order valence-electron chi connectivity index (χ0n) is 14.2. The highest BCUT2D eigenvalue weighted by Crippen LogP contribution is 2.31. The van der Waals surface area contributed by atoms with E-state index in [1.54, 1.807) is 0 Å². The monoisotopic (exact) mass is 364 g/mol. The van der Waals surface area contributed by atoms with Crippen molar-refractivity contribution in [3.05, 3.63) is 64.2 Å². The van der Waals surface area contributed by atoms with Crippen molar-refractivity contribution in [2.75, 3.05) is 7.11 Å². The number of hydrogen-bond donors (Lipinski definition) is 1. The van der Waals surface area contributed by atoms with Crippen molar-refractivity contribution in [1.82, 2.24) is 4.72 Å². The minimum absolute atomic E-state index is 0.0260. The van der Waals surface area contributed by atoms with E-state index in [0.29, 0.717) is 0 Å².